The molecule has 0 radical (unpaired) electrons. The topological polar surface area (TPSA) is 40.5 Å². The van der Waals surface area contributed by atoms with E-state index in [0.29, 0.717) is 28.8 Å². The van der Waals surface area contributed by atoms with Gasteiger partial charge in [-0.3, -0.25) is 4.79 Å². The van der Waals surface area contributed by atoms with Crippen LogP contribution in [0.3, 0.4) is 0 Å². The Labute approximate surface area is 116 Å². The molecular weight excluding hydrogens is 273 g/mol. The summed E-state index contributed by atoms with van der Waals surface area (Å²) in [6.07, 6.45) is 5.29. The van der Waals surface area contributed by atoms with E-state index < -0.39 is 11.9 Å². The number of carboxylic acid groups (broad SMARTS) is 1. The number of benzene rings is 1. The molecule has 0 saturated heterocycles. The third-order valence-corrected chi connectivity index (χ3v) is 2.99. The molecule has 0 aliphatic heterocycles. The van der Waals surface area contributed by atoms with E-state index in [-0.39, 0.29) is 0 Å². The first-order valence-corrected chi connectivity index (χ1v) is 6.07. The van der Waals surface area contributed by atoms with Crippen LogP contribution in [-0.2, 0) is 4.79 Å². The van der Waals surface area contributed by atoms with E-state index in [1.54, 1.807) is 30.0 Å². The van der Waals surface area contributed by atoms with Gasteiger partial charge in [-0.2, -0.15) is 0 Å². The number of rotatable bonds is 5. The molecule has 0 fully saturated rings. The van der Waals surface area contributed by atoms with Crippen LogP contribution in [0.1, 0.15) is 6.92 Å². The number of halogens is 2. The fraction of sp³-hybridized carbons (Fsp3) is 0.308. The van der Waals surface area contributed by atoms with E-state index in [4.69, 9.17) is 34.7 Å². The molecule has 0 heterocycles. The van der Waals surface area contributed by atoms with Crippen LogP contribution in [0.15, 0.2) is 18.2 Å². The summed E-state index contributed by atoms with van der Waals surface area (Å²) in [5, 5.41) is 9.90. The van der Waals surface area contributed by atoms with Crippen LogP contribution in [0.5, 0.6) is 0 Å². The monoisotopic (exact) mass is 285 g/mol. The first-order chi connectivity index (χ1) is 8.45. The minimum absolute atomic E-state index is 0.291. The summed E-state index contributed by atoms with van der Waals surface area (Å²) >= 11 is 11.9. The van der Waals surface area contributed by atoms with Gasteiger partial charge < -0.3 is 10.0 Å². The Kier molecular flexibility index (Phi) is 5.33. The Balaban J connectivity index is 2.97. The van der Waals surface area contributed by atoms with Gasteiger partial charge in [0, 0.05) is 11.6 Å². The molecule has 0 aliphatic carbocycles. The minimum Gasteiger partial charge on any atom is -0.481 e. The van der Waals surface area contributed by atoms with Gasteiger partial charge in [0.1, 0.15) is 0 Å². The SMILES string of the molecule is C#CCN(CC(C)C(=O)O)c1ccc(Cl)cc1Cl. The fourth-order valence-electron chi connectivity index (χ4n) is 1.50. The van der Waals surface area contributed by atoms with Crippen molar-refractivity contribution in [2.75, 3.05) is 18.0 Å². The van der Waals surface area contributed by atoms with Crippen LogP contribution in [0.4, 0.5) is 5.69 Å². The van der Waals surface area contributed by atoms with E-state index in [0.717, 1.165) is 0 Å². The summed E-state index contributed by atoms with van der Waals surface area (Å²) in [6.45, 7) is 2.20. The largest absolute Gasteiger partial charge is 0.481 e. The van der Waals surface area contributed by atoms with Gasteiger partial charge in [0.05, 0.1) is 23.2 Å². The molecule has 0 aliphatic rings. The third-order valence-electron chi connectivity index (χ3n) is 2.45. The number of hydrogen-bond acceptors (Lipinski definition) is 2. The van der Waals surface area contributed by atoms with Crippen molar-refractivity contribution in [3.8, 4) is 12.3 Å². The fourth-order valence-corrected chi connectivity index (χ4v) is 2.03. The molecule has 0 saturated carbocycles. The standard InChI is InChI=1S/C13H13Cl2NO2/c1-3-6-16(8-9(2)13(17)18)12-5-4-10(14)7-11(12)15/h1,4-5,7,9H,6,8H2,2H3,(H,17,18). The van der Waals surface area contributed by atoms with Crippen molar-refractivity contribution in [2.24, 2.45) is 5.92 Å². The first kappa shape index (κ1) is 14.7. The summed E-state index contributed by atoms with van der Waals surface area (Å²) in [7, 11) is 0. The maximum atomic E-state index is 10.9. The second-order valence-electron chi connectivity index (χ2n) is 3.92. The van der Waals surface area contributed by atoms with Crippen molar-refractivity contribution < 1.29 is 9.90 Å². The van der Waals surface area contributed by atoms with Crippen molar-refractivity contribution in [3.05, 3.63) is 28.2 Å². The van der Waals surface area contributed by atoms with E-state index in [9.17, 15) is 4.79 Å². The molecule has 0 amide bonds. The zero-order valence-electron chi connectivity index (χ0n) is 9.86. The van der Waals surface area contributed by atoms with Crippen LogP contribution < -0.4 is 4.90 Å². The Hall–Kier alpha value is -1.37. The molecule has 0 aromatic heterocycles. The van der Waals surface area contributed by atoms with E-state index in [1.807, 2.05) is 0 Å². The minimum atomic E-state index is -0.873. The van der Waals surface area contributed by atoms with Crippen molar-refractivity contribution in [1.82, 2.24) is 0 Å². The highest BCUT2D eigenvalue weighted by Crippen LogP contribution is 2.29. The average Bonchev–Trinajstić information content (AvgIpc) is 2.28. The summed E-state index contributed by atoms with van der Waals surface area (Å²) in [4.78, 5) is 12.6. The predicted octanol–water partition coefficient (Wildman–Crippen LogP) is 3.15. The Morgan fingerprint density at radius 1 is 1.56 bits per heavy atom. The van der Waals surface area contributed by atoms with Crippen molar-refractivity contribution in [3.63, 3.8) is 0 Å². The molecule has 0 spiro atoms. The van der Waals surface area contributed by atoms with E-state index >= 15 is 0 Å². The molecule has 0 bridgehead atoms. The van der Waals surface area contributed by atoms with Gasteiger partial charge in [-0.25, -0.2) is 0 Å². The van der Waals surface area contributed by atoms with Crippen molar-refractivity contribution in [1.29, 1.82) is 0 Å². The maximum Gasteiger partial charge on any atom is 0.308 e. The molecular formula is C13H13Cl2NO2. The number of nitrogens with zero attached hydrogens (tertiary/aromatic N) is 1. The number of carboxylic acids is 1. The molecule has 3 nitrogen and oxygen atoms in total. The Bertz CT molecular complexity index is 482. The lowest BCUT2D eigenvalue weighted by atomic mass is 10.1. The van der Waals surface area contributed by atoms with Gasteiger partial charge in [-0.05, 0) is 18.2 Å². The van der Waals surface area contributed by atoms with Gasteiger partial charge in [0.2, 0.25) is 0 Å². The van der Waals surface area contributed by atoms with Crippen LogP contribution in [0, 0.1) is 18.3 Å². The van der Waals surface area contributed by atoms with Gasteiger partial charge in [-0.1, -0.05) is 36.0 Å². The quantitative estimate of drug-likeness (QED) is 0.845. The molecule has 5 heteroatoms. The second-order valence-corrected chi connectivity index (χ2v) is 4.76. The van der Waals surface area contributed by atoms with E-state index in [1.165, 1.54) is 0 Å². The molecule has 1 unspecified atom stereocenters. The molecule has 1 aromatic carbocycles. The number of anilines is 1. The molecule has 1 atom stereocenters. The second kappa shape index (κ2) is 6.53. The summed E-state index contributed by atoms with van der Waals surface area (Å²) < 4.78 is 0. The highest BCUT2D eigenvalue weighted by atomic mass is 35.5. The van der Waals surface area contributed by atoms with Gasteiger partial charge >= 0.3 is 5.97 Å². The summed E-state index contributed by atoms with van der Waals surface area (Å²) in [5.74, 6) is 1.08. The Morgan fingerprint density at radius 3 is 2.72 bits per heavy atom. The lowest BCUT2D eigenvalue weighted by molar-refractivity contribution is -0.140. The highest BCUT2D eigenvalue weighted by molar-refractivity contribution is 6.36. The van der Waals surface area contributed by atoms with E-state index in [2.05, 4.69) is 5.92 Å². The number of hydrogen-bond donors (Lipinski definition) is 1. The third kappa shape index (κ3) is 3.83. The lowest BCUT2D eigenvalue weighted by Gasteiger charge is -2.25. The smallest absolute Gasteiger partial charge is 0.308 e. The van der Waals surface area contributed by atoms with Crippen LogP contribution in [0.2, 0.25) is 10.0 Å². The maximum absolute atomic E-state index is 10.9. The van der Waals surface area contributed by atoms with Crippen LogP contribution in [-0.4, -0.2) is 24.2 Å². The first-order valence-electron chi connectivity index (χ1n) is 5.32. The predicted molar refractivity (Wildman–Crippen MR) is 74.3 cm³/mol. The molecule has 1 rings (SSSR count). The number of carbonyl (C=O) groups is 1. The number of terminal acetylenes is 1. The van der Waals surface area contributed by atoms with Crippen LogP contribution in [0.25, 0.3) is 0 Å². The lowest BCUT2D eigenvalue weighted by Crippen LogP contribution is -2.32. The van der Waals surface area contributed by atoms with Crippen molar-refractivity contribution >= 4 is 34.9 Å². The number of aliphatic carboxylic acids is 1. The average molecular weight is 286 g/mol. The highest BCUT2D eigenvalue weighted by Gasteiger charge is 2.17. The van der Waals surface area contributed by atoms with Crippen molar-refractivity contribution in [2.45, 2.75) is 6.92 Å². The molecule has 1 aromatic rings. The summed E-state index contributed by atoms with van der Waals surface area (Å²) in [5.41, 5.74) is 0.687. The van der Waals surface area contributed by atoms with Gasteiger partial charge in [0.25, 0.3) is 0 Å². The summed E-state index contributed by atoms with van der Waals surface area (Å²) in [6, 6.07) is 5.03. The van der Waals surface area contributed by atoms with Crippen LogP contribution >= 0.6 is 23.2 Å². The normalized spacial score (nSPS) is 11.7. The van der Waals surface area contributed by atoms with Gasteiger partial charge in [0.15, 0.2) is 0 Å². The zero-order chi connectivity index (χ0) is 13.7. The zero-order valence-corrected chi connectivity index (χ0v) is 11.4. The molecule has 18 heavy (non-hydrogen) atoms. The molecule has 1 N–H and O–H groups in total. The Morgan fingerprint density at radius 2 is 2.22 bits per heavy atom. The molecule has 96 valence electrons. The van der Waals surface area contributed by atoms with Gasteiger partial charge in [-0.15, -0.1) is 6.42 Å².